The predicted octanol–water partition coefficient (Wildman–Crippen LogP) is 3.61. The van der Waals surface area contributed by atoms with Crippen LogP contribution in [0.25, 0.3) is 10.9 Å². The lowest BCUT2D eigenvalue weighted by Crippen LogP contribution is -2.36. The molecule has 1 heterocycles. The highest BCUT2D eigenvalue weighted by atomic mass is 16.2. The summed E-state index contributed by atoms with van der Waals surface area (Å²) in [6, 6.07) is 15.9. The first-order valence-electron chi connectivity index (χ1n) is 7.44. The first kappa shape index (κ1) is 14.3. The second-order valence-corrected chi connectivity index (χ2v) is 5.65. The van der Waals surface area contributed by atoms with Gasteiger partial charge in [0, 0.05) is 18.0 Å². The Kier molecular flexibility index (Phi) is 3.92. The van der Waals surface area contributed by atoms with E-state index in [1.807, 2.05) is 67.3 Å². The number of carbonyl (C=O) groups is 1. The molecule has 0 aliphatic heterocycles. The molecule has 1 aromatic heterocycles. The average molecular weight is 293 g/mol. The molecular weight excluding hydrogens is 274 g/mol. The van der Waals surface area contributed by atoms with E-state index in [0.717, 1.165) is 16.5 Å². The number of nitrogens with zero attached hydrogens (tertiary/aromatic N) is 2. The van der Waals surface area contributed by atoms with Gasteiger partial charge in [0.15, 0.2) is 0 Å². The van der Waals surface area contributed by atoms with Crippen LogP contribution in [0, 0.1) is 0 Å². The number of benzene rings is 2. The number of H-pyrrole nitrogens is 1. The maximum absolute atomic E-state index is 13.0. The van der Waals surface area contributed by atoms with Crippen molar-refractivity contribution in [3.05, 3.63) is 65.9 Å². The second kappa shape index (κ2) is 6.02. The third-order valence-corrected chi connectivity index (χ3v) is 3.79. The van der Waals surface area contributed by atoms with Gasteiger partial charge in [-0.25, -0.2) is 0 Å². The SMILES string of the molecule is CC(C)N(Cc1ccccc1)C(=O)c1cccc2cn[nH]c12. The molecule has 0 saturated heterocycles. The minimum Gasteiger partial charge on any atom is -0.332 e. The molecule has 0 atom stereocenters. The van der Waals surface area contributed by atoms with Gasteiger partial charge in [0.2, 0.25) is 0 Å². The Morgan fingerprint density at radius 3 is 2.64 bits per heavy atom. The minimum atomic E-state index is 0.0219. The molecule has 0 aliphatic carbocycles. The van der Waals surface area contributed by atoms with Crippen LogP contribution in [-0.4, -0.2) is 27.0 Å². The van der Waals surface area contributed by atoms with Gasteiger partial charge in [-0.2, -0.15) is 5.10 Å². The lowest BCUT2D eigenvalue weighted by molar-refractivity contribution is 0.0692. The number of amides is 1. The fourth-order valence-electron chi connectivity index (χ4n) is 2.57. The standard InChI is InChI=1S/C18H19N3O/c1-13(2)21(12-14-7-4-3-5-8-14)18(22)16-10-6-9-15-11-19-20-17(15)16/h3-11,13H,12H2,1-2H3,(H,19,20). The summed E-state index contributed by atoms with van der Waals surface area (Å²) in [7, 11) is 0. The average Bonchev–Trinajstić information content (AvgIpc) is 3.01. The maximum Gasteiger partial charge on any atom is 0.256 e. The van der Waals surface area contributed by atoms with Gasteiger partial charge in [-0.15, -0.1) is 0 Å². The number of aromatic amines is 1. The lowest BCUT2D eigenvalue weighted by atomic mass is 10.1. The second-order valence-electron chi connectivity index (χ2n) is 5.65. The van der Waals surface area contributed by atoms with Crippen molar-refractivity contribution in [2.45, 2.75) is 26.4 Å². The van der Waals surface area contributed by atoms with E-state index in [-0.39, 0.29) is 11.9 Å². The molecule has 22 heavy (non-hydrogen) atoms. The highest BCUT2D eigenvalue weighted by Gasteiger charge is 2.21. The van der Waals surface area contributed by atoms with Gasteiger partial charge in [-0.3, -0.25) is 9.89 Å². The van der Waals surface area contributed by atoms with Crippen LogP contribution in [0.3, 0.4) is 0 Å². The molecule has 0 bridgehead atoms. The number of aromatic nitrogens is 2. The minimum absolute atomic E-state index is 0.0219. The molecule has 0 unspecified atom stereocenters. The zero-order valence-corrected chi connectivity index (χ0v) is 12.8. The van der Waals surface area contributed by atoms with E-state index in [1.54, 1.807) is 6.20 Å². The number of para-hydroxylation sites is 1. The number of hydrogen-bond acceptors (Lipinski definition) is 2. The molecule has 0 fully saturated rings. The zero-order valence-electron chi connectivity index (χ0n) is 12.8. The Morgan fingerprint density at radius 2 is 1.91 bits per heavy atom. The molecule has 1 amide bonds. The van der Waals surface area contributed by atoms with Crippen molar-refractivity contribution in [2.75, 3.05) is 0 Å². The normalized spacial score (nSPS) is 11.0. The molecule has 0 saturated carbocycles. The molecule has 3 aromatic rings. The van der Waals surface area contributed by atoms with Crippen LogP contribution in [0.2, 0.25) is 0 Å². The van der Waals surface area contributed by atoms with E-state index < -0.39 is 0 Å². The number of rotatable bonds is 4. The van der Waals surface area contributed by atoms with Gasteiger partial charge >= 0.3 is 0 Å². The summed E-state index contributed by atoms with van der Waals surface area (Å²) in [4.78, 5) is 14.9. The van der Waals surface area contributed by atoms with Crippen LogP contribution in [0.4, 0.5) is 0 Å². The van der Waals surface area contributed by atoms with Crippen molar-refractivity contribution in [3.8, 4) is 0 Å². The molecule has 0 aliphatic rings. The summed E-state index contributed by atoms with van der Waals surface area (Å²) in [5, 5.41) is 7.92. The van der Waals surface area contributed by atoms with Gasteiger partial charge in [-0.1, -0.05) is 42.5 Å². The maximum atomic E-state index is 13.0. The van der Waals surface area contributed by atoms with Crippen LogP contribution >= 0.6 is 0 Å². The van der Waals surface area contributed by atoms with Gasteiger partial charge in [0.25, 0.3) is 5.91 Å². The first-order valence-corrected chi connectivity index (χ1v) is 7.44. The van der Waals surface area contributed by atoms with E-state index in [9.17, 15) is 4.79 Å². The number of hydrogen-bond donors (Lipinski definition) is 1. The smallest absolute Gasteiger partial charge is 0.256 e. The first-order chi connectivity index (χ1) is 10.7. The summed E-state index contributed by atoms with van der Waals surface area (Å²) < 4.78 is 0. The van der Waals surface area contributed by atoms with Gasteiger partial charge in [0.1, 0.15) is 0 Å². The van der Waals surface area contributed by atoms with Crippen molar-refractivity contribution in [3.63, 3.8) is 0 Å². The third kappa shape index (κ3) is 2.72. The quantitative estimate of drug-likeness (QED) is 0.798. The van der Waals surface area contributed by atoms with Crippen LogP contribution in [0.1, 0.15) is 29.8 Å². The Hall–Kier alpha value is -2.62. The molecule has 3 rings (SSSR count). The van der Waals surface area contributed by atoms with Crippen LogP contribution < -0.4 is 0 Å². The number of nitrogens with one attached hydrogen (secondary N) is 1. The highest BCUT2D eigenvalue weighted by Crippen LogP contribution is 2.20. The molecule has 1 N–H and O–H groups in total. The van der Waals surface area contributed by atoms with Gasteiger partial charge in [-0.05, 0) is 25.5 Å². The summed E-state index contributed by atoms with van der Waals surface area (Å²) in [5.41, 5.74) is 2.59. The summed E-state index contributed by atoms with van der Waals surface area (Å²) in [6.07, 6.45) is 1.74. The van der Waals surface area contributed by atoms with Crippen LogP contribution in [0.5, 0.6) is 0 Å². The van der Waals surface area contributed by atoms with Gasteiger partial charge < -0.3 is 4.90 Å². The molecule has 112 valence electrons. The van der Waals surface area contributed by atoms with Crippen molar-refractivity contribution in [2.24, 2.45) is 0 Å². The van der Waals surface area contributed by atoms with Crippen LogP contribution in [-0.2, 0) is 6.54 Å². The fourth-order valence-corrected chi connectivity index (χ4v) is 2.57. The Bertz CT molecular complexity index is 777. The lowest BCUT2D eigenvalue weighted by Gasteiger charge is -2.27. The summed E-state index contributed by atoms with van der Waals surface area (Å²) in [5.74, 6) is 0.0219. The van der Waals surface area contributed by atoms with E-state index in [1.165, 1.54) is 0 Å². The summed E-state index contributed by atoms with van der Waals surface area (Å²) >= 11 is 0. The Balaban J connectivity index is 1.95. The van der Waals surface area contributed by atoms with Crippen LogP contribution in [0.15, 0.2) is 54.7 Å². The van der Waals surface area contributed by atoms with Crippen molar-refractivity contribution in [1.29, 1.82) is 0 Å². The van der Waals surface area contributed by atoms with Crippen molar-refractivity contribution >= 4 is 16.8 Å². The van der Waals surface area contributed by atoms with Crippen molar-refractivity contribution in [1.82, 2.24) is 15.1 Å². The number of fused-ring (bicyclic) bond motifs is 1. The topological polar surface area (TPSA) is 49.0 Å². The molecule has 0 radical (unpaired) electrons. The zero-order chi connectivity index (χ0) is 15.5. The molecule has 2 aromatic carbocycles. The van der Waals surface area contributed by atoms with E-state index in [0.29, 0.717) is 12.1 Å². The van der Waals surface area contributed by atoms with E-state index >= 15 is 0 Å². The number of carbonyl (C=O) groups excluding carboxylic acids is 1. The third-order valence-electron chi connectivity index (χ3n) is 3.79. The van der Waals surface area contributed by atoms with Crippen molar-refractivity contribution < 1.29 is 4.79 Å². The molecule has 4 heteroatoms. The summed E-state index contributed by atoms with van der Waals surface area (Å²) in [6.45, 7) is 4.67. The largest absolute Gasteiger partial charge is 0.332 e. The molecular formula is C18H19N3O. The fraction of sp³-hybridized carbons (Fsp3) is 0.222. The predicted molar refractivity (Wildman–Crippen MR) is 87.5 cm³/mol. The highest BCUT2D eigenvalue weighted by molar-refractivity contribution is 6.05. The monoisotopic (exact) mass is 293 g/mol. The van der Waals surface area contributed by atoms with E-state index in [4.69, 9.17) is 0 Å². The Labute approximate surface area is 129 Å². The van der Waals surface area contributed by atoms with E-state index in [2.05, 4.69) is 10.2 Å². The molecule has 0 spiro atoms. The Morgan fingerprint density at radius 1 is 1.14 bits per heavy atom. The van der Waals surface area contributed by atoms with Gasteiger partial charge in [0.05, 0.1) is 17.3 Å². The molecule has 4 nitrogen and oxygen atoms in total.